The fourth-order valence-electron chi connectivity index (χ4n) is 3.20. The third kappa shape index (κ3) is 6.50. The molecule has 0 aromatic carbocycles. The first kappa shape index (κ1) is 18.2. The van der Waals surface area contributed by atoms with Crippen molar-refractivity contribution in [2.45, 2.75) is 77.4 Å². The van der Waals surface area contributed by atoms with E-state index in [4.69, 9.17) is 4.74 Å². The van der Waals surface area contributed by atoms with Crippen LogP contribution in [-0.2, 0) is 15.5 Å². The Kier molecular flexibility index (Phi) is 6.45. The third-order valence-corrected chi connectivity index (χ3v) is 5.47. The van der Waals surface area contributed by atoms with Gasteiger partial charge < -0.3 is 10.1 Å². The number of alkyl carbamates (subject to hydrolysis) is 1. The zero-order valence-corrected chi connectivity index (χ0v) is 15.3. The Morgan fingerprint density at radius 1 is 1.35 bits per heavy atom. The Morgan fingerprint density at radius 3 is 2.61 bits per heavy atom. The summed E-state index contributed by atoms with van der Waals surface area (Å²) in [5.74, 6) is 0.611. The van der Waals surface area contributed by atoms with Crippen molar-refractivity contribution in [1.82, 2.24) is 5.32 Å². The van der Waals surface area contributed by atoms with E-state index in [1.807, 2.05) is 32.9 Å². The van der Waals surface area contributed by atoms with Gasteiger partial charge in [0.1, 0.15) is 6.10 Å². The van der Waals surface area contributed by atoms with Gasteiger partial charge in [-0.25, -0.2) is 4.79 Å². The maximum atomic E-state index is 12.1. The van der Waals surface area contributed by atoms with Gasteiger partial charge in [0.2, 0.25) is 0 Å². The van der Waals surface area contributed by atoms with Crippen molar-refractivity contribution < 1.29 is 13.7 Å². The summed E-state index contributed by atoms with van der Waals surface area (Å²) in [6.45, 7) is 5.80. The molecule has 1 amide bonds. The summed E-state index contributed by atoms with van der Waals surface area (Å²) in [5.41, 5.74) is -0.316. The van der Waals surface area contributed by atoms with Crippen molar-refractivity contribution in [3.8, 4) is 0 Å². The zero-order valence-electron chi connectivity index (χ0n) is 14.5. The minimum absolute atomic E-state index is 0.199. The molecule has 2 atom stereocenters. The van der Waals surface area contributed by atoms with E-state index in [0.29, 0.717) is 12.3 Å². The molecule has 130 valence electrons. The number of amides is 1. The zero-order chi connectivity index (χ0) is 16.9. The summed E-state index contributed by atoms with van der Waals surface area (Å²) >= 11 is 0. The van der Waals surface area contributed by atoms with Crippen LogP contribution in [0.25, 0.3) is 0 Å². The van der Waals surface area contributed by atoms with Crippen LogP contribution in [-0.4, -0.2) is 21.9 Å². The number of rotatable bonds is 5. The summed E-state index contributed by atoms with van der Waals surface area (Å²) < 4.78 is 17.6. The van der Waals surface area contributed by atoms with Crippen LogP contribution < -0.4 is 5.32 Å². The van der Waals surface area contributed by atoms with E-state index in [1.54, 1.807) is 5.41 Å². The smallest absolute Gasteiger partial charge is 0.407 e. The van der Waals surface area contributed by atoms with E-state index in [0.717, 1.165) is 11.3 Å². The van der Waals surface area contributed by atoms with Gasteiger partial charge in [-0.2, -0.15) is 0 Å². The first-order valence-electron chi connectivity index (χ1n) is 8.60. The standard InChI is InChI=1S/C18H29NO3S/c1-18(2,3)19-17(20)22-15(12-14-8-5-4-6-9-14)13-16-10-7-11-23(16)21/h7,10-11,14-15H,4-6,8-9,12-13H2,1-3H3,(H,19,20)/t15-,23?/m0/s1. The van der Waals surface area contributed by atoms with Crippen molar-refractivity contribution in [1.29, 1.82) is 0 Å². The van der Waals surface area contributed by atoms with Crippen molar-refractivity contribution in [3.05, 3.63) is 22.5 Å². The molecule has 0 saturated heterocycles. The number of hydrogen-bond acceptors (Lipinski definition) is 3. The van der Waals surface area contributed by atoms with Gasteiger partial charge in [0.15, 0.2) is 0 Å². The second-order valence-electron chi connectivity index (χ2n) is 7.61. The molecule has 2 rings (SSSR count). The van der Waals surface area contributed by atoms with E-state index in [2.05, 4.69) is 5.32 Å². The highest BCUT2D eigenvalue weighted by Gasteiger charge is 2.26. The number of ether oxygens (including phenoxy) is 1. The summed E-state index contributed by atoms with van der Waals surface area (Å²) in [6, 6.07) is 0. The van der Waals surface area contributed by atoms with E-state index < -0.39 is 10.8 Å². The lowest BCUT2D eigenvalue weighted by Crippen LogP contribution is -2.42. The molecule has 1 aliphatic heterocycles. The van der Waals surface area contributed by atoms with Gasteiger partial charge in [0, 0.05) is 22.3 Å². The van der Waals surface area contributed by atoms with Gasteiger partial charge in [-0.15, -0.1) is 0 Å². The Balaban J connectivity index is 1.95. The average Bonchev–Trinajstić information content (AvgIpc) is 2.83. The molecule has 1 N–H and O–H groups in total. The second kappa shape index (κ2) is 8.13. The van der Waals surface area contributed by atoms with Crippen LogP contribution in [0.15, 0.2) is 22.5 Å². The molecule has 4 nitrogen and oxygen atoms in total. The van der Waals surface area contributed by atoms with Gasteiger partial charge in [0.05, 0.1) is 10.8 Å². The predicted molar refractivity (Wildman–Crippen MR) is 94.3 cm³/mol. The summed E-state index contributed by atoms with van der Waals surface area (Å²) in [5, 5.41) is 4.53. The highest BCUT2D eigenvalue weighted by molar-refractivity contribution is 7.92. The van der Waals surface area contributed by atoms with Crippen molar-refractivity contribution >= 4 is 16.9 Å². The van der Waals surface area contributed by atoms with Crippen LogP contribution in [0.2, 0.25) is 0 Å². The molecule has 0 spiro atoms. The van der Waals surface area contributed by atoms with Gasteiger partial charge in [0.25, 0.3) is 0 Å². The maximum Gasteiger partial charge on any atom is 0.407 e. The van der Waals surface area contributed by atoms with Crippen LogP contribution in [0.5, 0.6) is 0 Å². The molecule has 0 aromatic rings. The molecule has 2 aliphatic rings. The van der Waals surface area contributed by atoms with Crippen LogP contribution in [0.1, 0.15) is 65.7 Å². The van der Waals surface area contributed by atoms with Crippen LogP contribution in [0.3, 0.4) is 0 Å². The molecule has 1 aliphatic carbocycles. The average molecular weight is 340 g/mol. The van der Waals surface area contributed by atoms with E-state index >= 15 is 0 Å². The molecule has 23 heavy (non-hydrogen) atoms. The van der Waals surface area contributed by atoms with E-state index in [-0.39, 0.29) is 17.7 Å². The largest absolute Gasteiger partial charge is 0.446 e. The number of allylic oxidation sites excluding steroid dienone is 2. The predicted octanol–water partition coefficient (Wildman–Crippen LogP) is 4.40. The second-order valence-corrected chi connectivity index (χ2v) is 9.00. The first-order chi connectivity index (χ1) is 10.8. The Labute approximate surface area is 142 Å². The van der Waals surface area contributed by atoms with E-state index in [9.17, 15) is 9.00 Å². The molecule has 0 radical (unpaired) electrons. The quantitative estimate of drug-likeness (QED) is 0.807. The normalized spacial score (nSPS) is 23.4. The Hall–Kier alpha value is -1.10. The van der Waals surface area contributed by atoms with Crippen molar-refractivity contribution in [2.75, 3.05) is 0 Å². The minimum atomic E-state index is -1.05. The molecular formula is C18H29NO3S. The lowest BCUT2D eigenvalue weighted by atomic mass is 9.85. The molecule has 1 fully saturated rings. The summed E-state index contributed by atoms with van der Waals surface area (Å²) in [7, 11) is -1.05. The minimum Gasteiger partial charge on any atom is -0.446 e. The molecule has 1 unspecified atom stereocenters. The SMILES string of the molecule is CC(C)(C)NC(=O)O[C@H](CC1=CC=CS1=O)CC1CCCCC1. The molecule has 0 bridgehead atoms. The number of carbonyl (C=O) groups is 1. The van der Waals surface area contributed by atoms with Gasteiger partial charge in [-0.1, -0.05) is 38.2 Å². The highest BCUT2D eigenvalue weighted by Crippen LogP contribution is 2.31. The number of carbonyl (C=O) groups excluding carboxylic acids is 1. The molecule has 0 aromatic heterocycles. The van der Waals surface area contributed by atoms with Crippen molar-refractivity contribution in [3.63, 3.8) is 0 Å². The van der Waals surface area contributed by atoms with Gasteiger partial charge in [-0.3, -0.25) is 4.21 Å². The van der Waals surface area contributed by atoms with Crippen LogP contribution in [0, 0.1) is 5.92 Å². The number of hydrogen-bond donors (Lipinski definition) is 1. The topological polar surface area (TPSA) is 55.4 Å². The van der Waals surface area contributed by atoms with Gasteiger partial charge in [-0.05, 0) is 39.2 Å². The number of nitrogens with one attached hydrogen (secondary N) is 1. The lowest BCUT2D eigenvalue weighted by Gasteiger charge is -2.28. The Bertz CT molecular complexity index is 499. The lowest BCUT2D eigenvalue weighted by molar-refractivity contribution is 0.0733. The van der Waals surface area contributed by atoms with Crippen LogP contribution in [0.4, 0.5) is 4.79 Å². The Morgan fingerprint density at radius 2 is 2.04 bits per heavy atom. The fourth-order valence-corrected chi connectivity index (χ4v) is 4.16. The fraction of sp³-hybridized carbons (Fsp3) is 0.722. The molecular weight excluding hydrogens is 310 g/mol. The molecule has 1 heterocycles. The van der Waals surface area contributed by atoms with Crippen LogP contribution >= 0.6 is 0 Å². The summed E-state index contributed by atoms with van der Waals surface area (Å²) in [6.07, 6.45) is 10.8. The first-order valence-corrected chi connectivity index (χ1v) is 9.81. The third-order valence-electron chi connectivity index (χ3n) is 4.24. The molecule has 1 saturated carbocycles. The highest BCUT2D eigenvalue weighted by atomic mass is 32.2. The van der Waals surface area contributed by atoms with E-state index in [1.165, 1.54) is 32.1 Å². The van der Waals surface area contributed by atoms with Crippen molar-refractivity contribution in [2.24, 2.45) is 5.92 Å². The molecule has 5 heteroatoms. The maximum absolute atomic E-state index is 12.1. The van der Waals surface area contributed by atoms with Gasteiger partial charge >= 0.3 is 6.09 Å². The summed E-state index contributed by atoms with van der Waals surface area (Å²) in [4.78, 5) is 13.0. The monoisotopic (exact) mass is 339 g/mol.